The average Bonchev–Trinajstić information content (AvgIpc) is 3.11. The Balaban J connectivity index is 2.02. The summed E-state index contributed by atoms with van der Waals surface area (Å²) in [5, 5.41) is 3.22. The molecule has 0 spiro atoms. The molecule has 0 aliphatic rings. The van der Waals surface area contributed by atoms with Gasteiger partial charge >= 0.3 is 6.01 Å². The molecule has 2 heterocycles. The lowest BCUT2D eigenvalue weighted by Gasteiger charge is -2.10. The Morgan fingerprint density at radius 1 is 1.04 bits per heavy atom. The van der Waals surface area contributed by atoms with E-state index in [1.165, 1.54) is 32.4 Å². The summed E-state index contributed by atoms with van der Waals surface area (Å²) in [6.07, 6.45) is -2.85. The third-order valence-electron chi connectivity index (χ3n) is 3.25. The van der Waals surface area contributed by atoms with Crippen LogP contribution in [0.2, 0.25) is 0 Å². The lowest BCUT2D eigenvalue weighted by atomic mass is 10.1. The quantitative estimate of drug-likeness (QED) is 0.651. The summed E-state index contributed by atoms with van der Waals surface area (Å²) in [6, 6.07) is 6.06. The highest BCUT2D eigenvalue weighted by atomic mass is 19.3. The Labute approximate surface area is 145 Å². The first-order chi connectivity index (χ1) is 12.5. The van der Waals surface area contributed by atoms with E-state index in [0.29, 0.717) is 0 Å². The summed E-state index contributed by atoms with van der Waals surface area (Å²) in [5.41, 5.74) is -0.814. The van der Waals surface area contributed by atoms with Gasteiger partial charge in [-0.2, -0.15) is 9.97 Å². The first kappa shape index (κ1) is 17.5. The average molecular weight is 367 g/mol. The number of benzene rings is 1. The number of hydrogen-bond donors (Lipinski definition) is 0. The van der Waals surface area contributed by atoms with Crippen LogP contribution in [-0.4, -0.2) is 29.3 Å². The van der Waals surface area contributed by atoms with Gasteiger partial charge in [0, 0.05) is 6.07 Å². The number of alkyl halides is 2. The SMILES string of the molecule is COc1cc(OC)nc(Oc2cccc(F)c2-c2cc(C(F)F)no2)n1. The standard InChI is InChI=1S/C16H12F3N3O4/c1-23-12-7-13(24-2)21-16(20-12)25-10-5-3-4-8(17)14(10)11-6-9(15(18)19)22-26-11/h3-7,15H,1-2H3. The van der Waals surface area contributed by atoms with Gasteiger partial charge in [0.1, 0.15) is 17.3 Å². The fourth-order valence-electron chi connectivity index (χ4n) is 2.07. The van der Waals surface area contributed by atoms with E-state index in [1.54, 1.807) is 0 Å². The van der Waals surface area contributed by atoms with Gasteiger partial charge in [-0.25, -0.2) is 13.2 Å². The van der Waals surface area contributed by atoms with E-state index in [9.17, 15) is 13.2 Å². The zero-order valence-corrected chi connectivity index (χ0v) is 13.6. The molecule has 0 aliphatic carbocycles. The van der Waals surface area contributed by atoms with Crippen LogP contribution < -0.4 is 14.2 Å². The number of aromatic nitrogens is 3. The maximum Gasteiger partial charge on any atom is 0.328 e. The summed E-state index contributed by atoms with van der Waals surface area (Å²) in [6.45, 7) is 0. The molecule has 0 saturated carbocycles. The van der Waals surface area contributed by atoms with Crippen molar-refractivity contribution in [2.45, 2.75) is 6.43 Å². The van der Waals surface area contributed by atoms with Gasteiger partial charge in [-0.3, -0.25) is 0 Å². The van der Waals surface area contributed by atoms with Crippen molar-refractivity contribution in [1.29, 1.82) is 0 Å². The van der Waals surface area contributed by atoms with Crippen LogP contribution in [-0.2, 0) is 0 Å². The molecule has 0 saturated heterocycles. The van der Waals surface area contributed by atoms with Crippen LogP contribution in [0.3, 0.4) is 0 Å². The Morgan fingerprint density at radius 2 is 1.73 bits per heavy atom. The highest BCUT2D eigenvalue weighted by molar-refractivity contribution is 5.67. The van der Waals surface area contributed by atoms with Crippen molar-refractivity contribution < 1.29 is 31.9 Å². The van der Waals surface area contributed by atoms with Gasteiger partial charge in [-0.15, -0.1) is 0 Å². The molecule has 3 aromatic rings. The zero-order valence-electron chi connectivity index (χ0n) is 13.6. The van der Waals surface area contributed by atoms with Crippen molar-refractivity contribution in [3.8, 4) is 34.8 Å². The molecule has 0 aliphatic heterocycles. The van der Waals surface area contributed by atoms with Gasteiger partial charge in [0.25, 0.3) is 6.43 Å². The molecule has 0 bridgehead atoms. The van der Waals surface area contributed by atoms with E-state index in [1.807, 2.05) is 0 Å². The lowest BCUT2D eigenvalue weighted by molar-refractivity contribution is 0.140. The molecule has 136 valence electrons. The van der Waals surface area contributed by atoms with Gasteiger partial charge in [-0.05, 0) is 12.1 Å². The van der Waals surface area contributed by atoms with E-state index >= 15 is 0 Å². The van der Waals surface area contributed by atoms with Crippen LogP contribution in [0.4, 0.5) is 13.2 Å². The third-order valence-corrected chi connectivity index (χ3v) is 3.25. The fourth-order valence-corrected chi connectivity index (χ4v) is 2.07. The molecule has 0 unspecified atom stereocenters. The van der Waals surface area contributed by atoms with E-state index in [0.717, 1.165) is 12.1 Å². The zero-order chi connectivity index (χ0) is 18.7. The number of halogens is 3. The molecular weight excluding hydrogens is 355 g/mol. The molecule has 0 atom stereocenters. The number of rotatable bonds is 6. The molecule has 10 heteroatoms. The van der Waals surface area contributed by atoms with Crippen LogP contribution in [0.5, 0.6) is 23.5 Å². The first-order valence-corrected chi connectivity index (χ1v) is 7.20. The van der Waals surface area contributed by atoms with E-state index in [2.05, 4.69) is 15.1 Å². The Kier molecular flexibility index (Phi) is 4.92. The number of hydrogen-bond acceptors (Lipinski definition) is 7. The monoisotopic (exact) mass is 367 g/mol. The number of methoxy groups -OCH3 is 2. The van der Waals surface area contributed by atoms with Crippen molar-refractivity contribution in [1.82, 2.24) is 15.1 Å². The van der Waals surface area contributed by atoms with Crippen LogP contribution >= 0.6 is 0 Å². The van der Waals surface area contributed by atoms with Gasteiger partial charge in [0.05, 0.1) is 25.8 Å². The smallest absolute Gasteiger partial charge is 0.328 e. The van der Waals surface area contributed by atoms with Gasteiger partial charge in [0.2, 0.25) is 11.8 Å². The fraction of sp³-hybridized carbons (Fsp3) is 0.188. The second-order valence-corrected chi connectivity index (χ2v) is 4.87. The summed E-state index contributed by atoms with van der Waals surface area (Å²) in [4.78, 5) is 7.94. The Bertz CT molecular complexity index is 895. The minimum absolute atomic E-state index is 0.0581. The number of nitrogens with zero attached hydrogens (tertiary/aromatic N) is 3. The van der Waals surface area contributed by atoms with Gasteiger partial charge < -0.3 is 18.7 Å². The van der Waals surface area contributed by atoms with Crippen LogP contribution in [0, 0.1) is 5.82 Å². The predicted molar refractivity (Wildman–Crippen MR) is 82.1 cm³/mol. The molecule has 1 aromatic carbocycles. The maximum atomic E-state index is 14.3. The molecule has 7 nitrogen and oxygen atoms in total. The topological polar surface area (TPSA) is 79.5 Å². The second-order valence-electron chi connectivity index (χ2n) is 4.87. The summed E-state index contributed by atoms with van der Waals surface area (Å²) in [5.74, 6) is -0.719. The largest absolute Gasteiger partial charge is 0.481 e. The van der Waals surface area contributed by atoms with Crippen molar-refractivity contribution in [3.05, 3.63) is 41.8 Å². The van der Waals surface area contributed by atoms with Gasteiger partial charge in [-0.1, -0.05) is 11.2 Å². The van der Waals surface area contributed by atoms with Gasteiger partial charge in [0.15, 0.2) is 5.76 Å². The molecule has 2 aromatic heterocycles. The Hall–Kier alpha value is -3.30. The lowest BCUT2D eigenvalue weighted by Crippen LogP contribution is -1.99. The van der Waals surface area contributed by atoms with Crippen molar-refractivity contribution in [2.24, 2.45) is 0 Å². The number of ether oxygens (including phenoxy) is 3. The minimum atomic E-state index is -2.85. The second kappa shape index (κ2) is 7.30. The molecule has 0 N–H and O–H groups in total. The molecule has 3 rings (SSSR count). The molecular formula is C16H12F3N3O4. The molecule has 0 radical (unpaired) electrons. The van der Waals surface area contributed by atoms with E-state index in [4.69, 9.17) is 18.7 Å². The normalized spacial score (nSPS) is 10.8. The minimum Gasteiger partial charge on any atom is -0.481 e. The summed E-state index contributed by atoms with van der Waals surface area (Å²) < 4.78 is 60.1. The first-order valence-electron chi connectivity index (χ1n) is 7.20. The summed E-state index contributed by atoms with van der Waals surface area (Å²) >= 11 is 0. The van der Waals surface area contributed by atoms with Crippen LogP contribution in [0.15, 0.2) is 34.9 Å². The van der Waals surface area contributed by atoms with Crippen molar-refractivity contribution in [3.63, 3.8) is 0 Å². The highest BCUT2D eigenvalue weighted by Crippen LogP contribution is 2.36. The predicted octanol–water partition coefficient (Wildman–Crippen LogP) is 4.02. The maximum absolute atomic E-state index is 14.3. The Morgan fingerprint density at radius 3 is 2.31 bits per heavy atom. The van der Waals surface area contributed by atoms with E-state index < -0.39 is 17.9 Å². The van der Waals surface area contributed by atoms with E-state index in [-0.39, 0.29) is 34.8 Å². The highest BCUT2D eigenvalue weighted by Gasteiger charge is 2.21. The van der Waals surface area contributed by atoms with Crippen molar-refractivity contribution in [2.75, 3.05) is 14.2 Å². The summed E-state index contributed by atoms with van der Waals surface area (Å²) in [7, 11) is 2.78. The molecule has 0 amide bonds. The van der Waals surface area contributed by atoms with Crippen LogP contribution in [0.25, 0.3) is 11.3 Å². The molecule has 0 fully saturated rings. The van der Waals surface area contributed by atoms with Crippen molar-refractivity contribution >= 4 is 0 Å². The molecule has 26 heavy (non-hydrogen) atoms. The van der Waals surface area contributed by atoms with Crippen LogP contribution in [0.1, 0.15) is 12.1 Å². The third kappa shape index (κ3) is 3.53.